The Morgan fingerprint density at radius 1 is 0.818 bits per heavy atom. The fraction of sp³-hybridized carbons (Fsp3) is 0.300. The van der Waals surface area contributed by atoms with E-state index in [1.165, 1.54) is 37.1 Å². The average molecular weight is 293 g/mol. The van der Waals surface area contributed by atoms with Gasteiger partial charge < -0.3 is 4.74 Å². The number of likely N-dealkylation sites (tertiary alicyclic amines) is 1. The van der Waals surface area contributed by atoms with Crippen LogP contribution < -0.4 is 4.74 Å². The van der Waals surface area contributed by atoms with Gasteiger partial charge in [0.2, 0.25) is 0 Å². The normalized spacial score (nSPS) is 15.5. The average Bonchev–Trinajstić information content (AvgIpc) is 3.08. The van der Waals surface area contributed by atoms with Crippen molar-refractivity contribution >= 4 is 12.2 Å². The summed E-state index contributed by atoms with van der Waals surface area (Å²) in [5, 5.41) is 0. The van der Waals surface area contributed by atoms with E-state index >= 15 is 0 Å². The molecule has 22 heavy (non-hydrogen) atoms. The van der Waals surface area contributed by atoms with Gasteiger partial charge in [0.1, 0.15) is 12.4 Å². The summed E-state index contributed by atoms with van der Waals surface area (Å²) in [6, 6.07) is 18.6. The topological polar surface area (TPSA) is 12.5 Å². The highest BCUT2D eigenvalue weighted by atomic mass is 16.5. The minimum atomic E-state index is 0.777. The molecule has 1 heterocycles. The summed E-state index contributed by atoms with van der Waals surface area (Å²) < 4.78 is 5.82. The van der Waals surface area contributed by atoms with E-state index in [4.69, 9.17) is 4.74 Å². The molecule has 0 spiro atoms. The Bertz CT molecular complexity index is 583. The lowest BCUT2D eigenvalue weighted by atomic mass is 10.1. The molecule has 0 bridgehead atoms. The Morgan fingerprint density at radius 3 is 2.14 bits per heavy atom. The predicted octanol–water partition coefficient (Wildman–Crippen LogP) is 4.33. The van der Waals surface area contributed by atoms with Crippen molar-refractivity contribution in [2.75, 3.05) is 26.2 Å². The minimum Gasteiger partial charge on any atom is -0.492 e. The first-order chi connectivity index (χ1) is 10.9. The summed E-state index contributed by atoms with van der Waals surface area (Å²) in [6.45, 7) is 4.27. The fourth-order valence-corrected chi connectivity index (χ4v) is 2.73. The van der Waals surface area contributed by atoms with Crippen molar-refractivity contribution in [3.05, 3.63) is 65.7 Å². The van der Waals surface area contributed by atoms with Crippen molar-refractivity contribution in [3.8, 4) is 5.75 Å². The zero-order valence-corrected chi connectivity index (χ0v) is 12.9. The Balaban J connectivity index is 1.48. The van der Waals surface area contributed by atoms with Crippen LogP contribution in [0.25, 0.3) is 12.2 Å². The van der Waals surface area contributed by atoms with Gasteiger partial charge in [-0.3, -0.25) is 4.90 Å². The second-order valence-electron chi connectivity index (χ2n) is 5.71. The summed E-state index contributed by atoms with van der Waals surface area (Å²) in [4.78, 5) is 2.47. The second kappa shape index (κ2) is 7.81. The molecule has 1 aliphatic heterocycles. The van der Waals surface area contributed by atoms with Crippen molar-refractivity contribution in [2.45, 2.75) is 12.8 Å². The van der Waals surface area contributed by atoms with E-state index in [2.05, 4.69) is 65.6 Å². The van der Waals surface area contributed by atoms with Crippen LogP contribution in [-0.2, 0) is 0 Å². The quantitative estimate of drug-likeness (QED) is 0.735. The summed E-state index contributed by atoms with van der Waals surface area (Å²) in [5.41, 5.74) is 2.41. The van der Waals surface area contributed by atoms with Crippen molar-refractivity contribution < 1.29 is 4.74 Å². The molecule has 0 N–H and O–H groups in total. The van der Waals surface area contributed by atoms with E-state index in [0.29, 0.717) is 0 Å². The summed E-state index contributed by atoms with van der Waals surface area (Å²) in [7, 11) is 0. The lowest BCUT2D eigenvalue weighted by Crippen LogP contribution is -2.25. The summed E-state index contributed by atoms with van der Waals surface area (Å²) in [6.07, 6.45) is 6.93. The van der Waals surface area contributed by atoms with Gasteiger partial charge in [0.25, 0.3) is 0 Å². The van der Waals surface area contributed by atoms with E-state index < -0.39 is 0 Å². The molecule has 114 valence electrons. The number of hydrogen-bond donors (Lipinski definition) is 0. The number of hydrogen-bond acceptors (Lipinski definition) is 2. The Kier molecular flexibility index (Phi) is 5.27. The summed E-state index contributed by atoms with van der Waals surface area (Å²) in [5.74, 6) is 0.955. The van der Waals surface area contributed by atoms with Crippen LogP contribution in [0, 0.1) is 0 Å². The molecule has 2 aromatic carbocycles. The standard InChI is InChI=1S/C20H23NO/c1-2-6-18(7-3-1)8-9-19-10-12-20(13-11-19)22-17-16-21-14-4-5-15-21/h1-3,6-13H,4-5,14-17H2. The molecule has 2 heteroatoms. The van der Waals surface area contributed by atoms with Crippen molar-refractivity contribution in [2.24, 2.45) is 0 Å². The third-order valence-corrected chi connectivity index (χ3v) is 4.02. The first-order valence-corrected chi connectivity index (χ1v) is 8.08. The molecule has 0 amide bonds. The predicted molar refractivity (Wildman–Crippen MR) is 93.0 cm³/mol. The molecule has 1 fully saturated rings. The van der Waals surface area contributed by atoms with E-state index in [1.54, 1.807) is 0 Å². The molecular weight excluding hydrogens is 270 g/mol. The van der Waals surface area contributed by atoms with Gasteiger partial charge in [0.15, 0.2) is 0 Å². The maximum Gasteiger partial charge on any atom is 0.119 e. The highest BCUT2D eigenvalue weighted by Crippen LogP contribution is 2.15. The molecule has 0 unspecified atom stereocenters. The third kappa shape index (κ3) is 4.47. The zero-order chi connectivity index (χ0) is 15.0. The molecule has 1 aliphatic rings. The van der Waals surface area contributed by atoms with Crippen LogP contribution in [0.4, 0.5) is 0 Å². The lowest BCUT2D eigenvalue weighted by molar-refractivity contribution is 0.238. The first kappa shape index (κ1) is 14.9. The van der Waals surface area contributed by atoms with Gasteiger partial charge in [-0.2, -0.15) is 0 Å². The van der Waals surface area contributed by atoms with Gasteiger partial charge in [-0.25, -0.2) is 0 Å². The highest BCUT2D eigenvalue weighted by Gasteiger charge is 2.10. The van der Waals surface area contributed by atoms with Gasteiger partial charge in [0, 0.05) is 6.54 Å². The molecule has 2 aromatic rings. The van der Waals surface area contributed by atoms with Crippen LogP contribution in [0.2, 0.25) is 0 Å². The van der Waals surface area contributed by atoms with Crippen LogP contribution in [0.3, 0.4) is 0 Å². The third-order valence-electron chi connectivity index (χ3n) is 4.02. The molecule has 2 nitrogen and oxygen atoms in total. The van der Waals surface area contributed by atoms with E-state index in [1.807, 2.05) is 6.07 Å². The lowest BCUT2D eigenvalue weighted by Gasteiger charge is -2.14. The Morgan fingerprint density at radius 2 is 1.45 bits per heavy atom. The van der Waals surface area contributed by atoms with E-state index in [9.17, 15) is 0 Å². The monoisotopic (exact) mass is 293 g/mol. The maximum absolute atomic E-state index is 5.82. The molecular formula is C20H23NO. The molecule has 0 radical (unpaired) electrons. The van der Waals surface area contributed by atoms with Crippen molar-refractivity contribution in [1.82, 2.24) is 4.90 Å². The van der Waals surface area contributed by atoms with Gasteiger partial charge in [-0.15, -0.1) is 0 Å². The number of benzene rings is 2. The van der Waals surface area contributed by atoms with Crippen LogP contribution in [0.1, 0.15) is 24.0 Å². The molecule has 0 aliphatic carbocycles. The van der Waals surface area contributed by atoms with E-state index in [0.717, 1.165) is 18.9 Å². The fourth-order valence-electron chi connectivity index (χ4n) is 2.73. The van der Waals surface area contributed by atoms with Gasteiger partial charge in [-0.1, -0.05) is 54.6 Å². The van der Waals surface area contributed by atoms with Gasteiger partial charge in [-0.05, 0) is 49.2 Å². The van der Waals surface area contributed by atoms with Crippen molar-refractivity contribution in [1.29, 1.82) is 0 Å². The molecule has 1 saturated heterocycles. The van der Waals surface area contributed by atoms with Gasteiger partial charge >= 0.3 is 0 Å². The molecule has 3 rings (SSSR count). The molecule has 0 saturated carbocycles. The van der Waals surface area contributed by atoms with Crippen LogP contribution >= 0.6 is 0 Å². The second-order valence-corrected chi connectivity index (χ2v) is 5.71. The first-order valence-electron chi connectivity index (χ1n) is 8.08. The number of nitrogens with zero attached hydrogens (tertiary/aromatic N) is 1. The van der Waals surface area contributed by atoms with E-state index in [-0.39, 0.29) is 0 Å². The van der Waals surface area contributed by atoms with Crippen LogP contribution in [-0.4, -0.2) is 31.1 Å². The molecule has 0 aromatic heterocycles. The summed E-state index contributed by atoms with van der Waals surface area (Å²) >= 11 is 0. The largest absolute Gasteiger partial charge is 0.492 e. The maximum atomic E-state index is 5.82. The highest BCUT2D eigenvalue weighted by molar-refractivity contribution is 5.69. The Labute approximate surface area is 133 Å². The molecule has 0 atom stereocenters. The zero-order valence-electron chi connectivity index (χ0n) is 12.9. The van der Waals surface area contributed by atoms with Gasteiger partial charge in [0.05, 0.1) is 0 Å². The van der Waals surface area contributed by atoms with Crippen LogP contribution in [0.5, 0.6) is 5.75 Å². The number of rotatable bonds is 6. The van der Waals surface area contributed by atoms with Crippen LogP contribution in [0.15, 0.2) is 54.6 Å². The number of ether oxygens (including phenoxy) is 1. The Hall–Kier alpha value is -2.06. The van der Waals surface area contributed by atoms with Crippen molar-refractivity contribution in [3.63, 3.8) is 0 Å². The minimum absolute atomic E-state index is 0.777. The smallest absolute Gasteiger partial charge is 0.119 e. The SMILES string of the molecule is C(=Cc1ccc(OCCN2CCCC2)cc1)c1ccccc1.